The van der Waals surface area contributed by atoms with Crippen molar-refractivity contribution in [3.8, 4) is 6.07 Å². The van der Waals surface area contributed by atoms with Gasteiger partial charge in [-0.05, 0) is 24.6 Å². The van der Waals surface area contributed by atoms with Gasteiger partial charge in [-0.15, -0.1) is 0 Å². The minimum atomic E-state index is 0.369. The Labute approximate surface area is 105 Å². The second-order valence-corrected chi connectivity index (χ2v) is 4.36. The fourth-order valence-electron chi connectivity index (χ4n) is 2.38. The third kappa shape index (κ3) is 1.82. The molecule has 1 fully saturated rings. The highest BCUT2D eigenvalue weighted by Gasteiger charge is 2.26. The summed E-state index contributed by atoms with van der Waals surface area (Å²) in [6, 6.07) is 8.10. The number of pyridine rings is 1. The van der Waals surface area contributed by atoms with Gasteiger partial charge >= 0.3 is 0 Å². The predicted molar refractivity (Wildman–Crippen MR) is 67.0 cm³/mol. The molecule has 5 heteroatoms. The minimum Gasteiger partial charge on any atom is -0.353 e. The van der Waals surface area contributed by atoms with Gasteiger partial charge in [-0.2, -0.15) is 10.4 Å². The Morgan fingerprint density at radius 2 is 2.28 bits per heavy atom. The highest BCUT2D eigenvalue weighted by atomic mass is 15.3. The molecule has 1 atom stereocenters. The van der Waals surface area contributed by atoms with Crippen molar-refractivity contribution in [2.75, 3.05) is 18.0 Å². The van der Waals surface area contributed by atoms with E-state index in [1.54, 1.807) is 18.5 Å². The fourth-order valence-corrected chi connectivity index (χ4v) is 2.38. The average molecular weight is 239 g/mol. The molecule has 0 aliphatic carbocycles. The van der Waals surface area contributed by atoms with Gasteiger partial charge in [0.1, 0.15) is 11.9 Å². The van der Waals surface area contributed by atoms with E-state index < -0.39 is 0 Å². The quantitative estimate of drug-likeness (QED) is 0.798. The highest BCUT2D eigenvalue weighted by molar-refractivity contribution is 5.54. The summed E-state index contributed by atoms with van der Waals surface area (Å²) in [5.41, 5.74) is 0.638. The molecule has 0 saturated carbocycles. The zero-order valence-corrected chi connectivity index (χ0v) is 9.90. The van der Waals surface area contributed by atoms with Crippen LogP contribution in [0, 0.1) is 11.3 Å². The van der Waals surface area contributed by atoms with Gasteiger partial charge in [-0.25, -0.2) is 4.98 Å². The Bertz CT molecular complexity index is 569. The first-order valence-electron chi connectivity index (χ1n) is 5.97. The van der Waals surface area contributed by atoms with Crippen molar-refractivity contribution in [3.63, 3.8) is 0 Å². The maximum absolute atomic E-state index is 9.09. The average Bonchev–Trinajstić information content (AvgIpc) is 3.09. The normalized spacial score (nSPS) is 18.8. The van der Waals surface area contributed by atoms with E-state index in [1.807, 2.05) is 23.0 Å². The number of aromatic nitrogens is 3. The molecule has 1 saturated heterocycles. The Kier molecular flexibility index (Phi) is 2.69. The molecular formula is C13H13N5. The van der Waals surface area contributed by atoms with Gasteiger partial charge in [0.2, 0.25) is 0 Å². The Hall–Kier alpha value is -2.35. The largest absolute Gasteiger partial charge is 0.353 e. The molecule has 18 heavy (non-hydrogen) atoms. The molecule has 0 N–H and O–H groups in total. The standard InChI is InChI=1S/C13H13N5/c14-9-11-3-1-5-15-13(11)17-8-4-12(10-17)18-7-2-6-16-18/h1-3,5-7,12H,4,8,10H2. The molecule has 1 unspecified atom stereocenters. The molecule has 5 nitrogen and oxygen atoms in total. The smallest absolute Gasteiger partial charge is 0.146 e. The van der Waals surface area contributed by atoms with Crippen molar-refractivity contribution in [3.05, 3.63) is 42.4 Å². The zero-order valence-electron chi connectivity index (χ0n) is 9.90. The van der Waals surface area contributed by atoms with E-state index in [0.29, 0.717) is 11.6 Å². The van der Waals surface area contributed by atoms with Crippen LogP contribution in [0.4, 0.5) is 5.82 Å². The second kappa shape index (κ2) is 4.49. The van der Waals surface area contributed by atoms with Crippen molar-refractivity contribution in [1.82, 2.24) is 14.8 Å². The monoisotopic (exact) mass is 239 g/mol. The lowest BCUT2D eigenvalue weighted by atomic mass is 10.2. The van der Waals surface area contributed by atoms with Gasteiger partial charge in [-0.3, -0.25) is 4.68 Å². The molecule has 0 radical (unpaired) electrons. The number of anilines is 1. The van der Waals surface area contributed by atoms with Gasteiger partial charge in [-0.1, -0.05) is 0 Å². The molecule has 2 aromatic rings. The van der Waals surface area contributed by atoms with Crippen LogP contribution in [0.15, 0.2) is 36.8 Å². The Morgan fingerprint density at radius 3 is 3.06 bits per heavy atom. The van der Waals surface area contributed by atoms with Crippen LogP contribution in [0.1, 0.15) is 18.0 Å². The number of nitrogens with zero attached hydrogens (tertiary/aromatic N) is 5. The summed E-state index contributed by atoms with van der Waals surface area (Å²) in [5.74, 6) is 0.787. The molecule has 90 valence electrons. The third-order valence-corrected chi connectivity index (χ3v) is 3.27. The number of nitriles is 1. The van der Waals surface area contributed by atoms with Gasteiger partial charge in [0, 0.05) is 31.7 Å². The first-order valence-corrected chi connectivity index (χ1v) is 5.97. The van der Waals surface area contributed by atoms with E-state index in [9.17, 15) is 0 Å². The van der Waals surface area contributed by atoms with E-state index in [4.69, 9.17) is 5.26 Å². The molecule has 0 bridgehead atoms. The van der Waals surface area contributed by atoms with Crippen LogP contribution < -0.4 is 4.90 Å². The van der Waals surface area contributed by atoms with Crippen molar-refractivity contribution >= 4 is 5.82 Å². The van der Waals surface area contributed by atoms with E-state index in [1.165, 1.54) is 0 Å². The second-order valence-electron chi connectivity index (χ2n) is 4.36. The van der Waals surface area contributed by atoms with Gasteiger partial charge < -0.3 is 4.90 Å². The molecule has 0 aromatic carbocycles. The van der Waals surface area contributed by atoms with Gasteiger partial charge in [0.05, 0.1) is 11.6 Å². The van der Waals surface area contributed by atoms with Crippen LogP contribution in [0.25, 0.3) is 0 Å². The Morgan fingerprint density at radius 1 is 1.33 bits per heavy atom. The van der Waals surface area contributed by atoms with E-state index >= 15 is 0 Å². The lowest BCUT2D eigenvalue weighted by molar-refractivity contribution is 0.494. The maximum atomic E-state index is 9.09. The van der Waals surface area contributed by atoms with Crippen molar-refractivity contribution in [2.45, 2.75) is 12.5 Å². The van der Waals surface area contributed by atoms with Crippen molar-refractivity contribution < 1.29 is 0 Å². The summed E-state index contributed by atoms with van der Waals surface area (Å²) < 4.78 is 1.98. The molecule has 0 amide bonds. The van der Waals surface area contributed by atoms with Crippen LogP contribution >= 0.6 is 0 Å². The summed E-state index contributed by atoms with van der Waals surface area (Å²) in [7, 11) is 0. The van der Waals surface area contributed by atoms with Crippen LogP contribution in [0.2, 0.25) is 0 Å². The molecule has 1 aliphatic heterocycles. The molecule has 0 spiro atoms. The lowest BCUT2D eigenvalue weighted by Gasteiger charge is -2.18. The van der Waals surface area contributed by atoms with Crippen LogP contribution in [0.3, 0.4) is 0 Å². The molecular weight excluding hydrogens is 226 g/mol. The van der Waals surface area contributed by atoms with Gasteiger partial charge in [0.25, 0.3) is 0 Å². The molecule has 3 rings (SSSR count). The molecule has 1 aliphatic rings. The van der Waals surface area contributed by atoms with Crippen LogP contribution in [-0.4, -0.2) is 27.9 Å². The number of hydrogen-bond acceptors (Lipinski definition) is 4. The van der Waals surface area contributed by atoms with Crippen molar-refractivity contribution in [2.24, 2.45) is 0 Å². The number of hydrogen-bond donors (Lipinski definition) is 0. The van der Waals surface area contributed by atoms with Crippen molar-refractivity contribution in [1.29, 1.82) is 5.26 Å². The van der Waals surface area contributed by atoms with Crippen LogP contribution in [0.5, 0.6) is 0 Å². The first-order chi connectivity index (χ1) is 8.88. The molecule has 3 heterocycles. The SMILES string of the molecule is N#Cc1cccnc1N1CCC(n2cccn2)C1. The topological polar surface area (TPSA) is 57.7 Å². The lowest BCUT2D eigenvalue weighted by Crippen LogP contribution is -2.22. The first kappa shape index (κ1) is 10.8. The summed E-state index contributed by atoms with van der Waals surface area (Å²) in [4.78, 5) is 6.48. The summed E-state index contributed by atoms with van der Waals surface area (Å²) >= 11 is 0. The third-order valence-electron chi connectivity index (χ3n) is 3.27. The fraction of sp³-hybridized carbons (Fsp3) is 0.308. The van der Waals surface area contributed by atoms with E-state index in [0.717, 1.165) is 25.3 Å². The van der Waals surface area contributed by atoms with Crippen LogP contribution in [-0.2, 0) is 0 Å². The van der Waals surface area contributed by atoms with E-state index in [2.05, 4.69) is 21.1 Å². The number of rotatable bonds is 2. The summed E-state index contributed by atoms with van der Waals surface area (Å²) in [6.07, 6.45) is 6.54. The predicted octanol–water partition coefficient (Wildman–Crippen LogP) is 1.60. The van der Waals surface area contributed by atoms with E-state index in [-0.39, 0.29) is 0 Å². The molecule has 2 aromatic heterocycles. The zero-order chi connectivity index (χ0) is 12.4. The summed E-state index contributed by atoms with van der Waals surface area (Å²) in [6.45, 7) is 1.77. The maximum Gasteiger partial charge on any atom is 0.146 e. The summed E-state index contributed by atoms with van der Waals surface area (Å²) in [5, 5.41) is 13.4. The highest BCUT2D eigenvalue weighted by Crippen LogP contribution is 2.26. The van der Waals surface area contributed by atoms with Gasteiger partial charge in [0.15, 0.2) is 0 Å². The Balaban J connectivity index is 1.82. The minimum absolute atomic E-state index is 0.369.